The Kier molecular flexibility index (Phi) is 4.66. The second-order valence-electron chi connectivity index (χ2n) is 3.67. The summed E-state index contributed by atoms with van der Waals surface area (Å²) in [5.41, 5.74) is 7.14. The molecule has 0 aliphatic heterocycles. The number of aryl methyl sites for hydroxylation is 1. The lowest BCUT2D eigenvalue weighted by Crippen LogP contribution is -2.34. The molecule has 0 atom stereocenters. The van der Waals surface area contributed by atoms with Crippen molar-refractivity contribution in [3.05, 3.63) is 36.2 Å². The standard InChI is InChI=1S/C12H17N3O2/c1-3-4-15(5-6-16)12(17)11-7-10(13)8-14-9(11)2/h3,7-8,16H,1,4-6,13H2,2H3. The van der Waals surface area contributed by atoms with Gasteiger partial charge in [-0.25, -0.2) is 0 Å². The molecular weight excluding hydrogens is 218 g/mol. The van der Waals surface area contributed by atoms with Crippen LogP contribution >= 0.6 is 0 Å². The van der Waals surface area contributed by atoms with Gasteiger partial charge < -0.3 is 15.7 Å². The third kappa shape index (κ3) is 3.29. The van der Waals surface area contributed by atoms with E-state index >= 15 is 0 Å². The van der Waals surface area contributed by atoms with Crippen LogP contribution in [0, 0.1) is 6.92 Å². The molecule has 92 valence electrons. The summed E-state index contributed by atoms with van der Waals surface area (Å²) in [4.78, 5) is 17.7. The largest absolute Gasteiger partial charge is 0.397 e. The average molecular weight is 235 g/mol. The second kappa shape index (κ2) is 6.00. The van der Waals surface area contributed by atoms with Crippen LogP contribution in [0.1, 0.15) is 16.1 Å². The first-order valence-electron chi connectivity index (χ1n) is 5.33. The number of nitrogen functional groups attached to an aromatic ring is 1. The lowest BCUT2D eigenvalue weighted by atomic mass is 10.1. The van der Waals surface area contributed by atoms with E-state index in [-0.39, 0.29) is 19.1 Å². The molecule has 0 aliphatic rings. The van der Waals surface area contributed by atoms with E-state index in [1.807, 2.05) is 0 Å². The van der Waals surface area contributed by atoms with E-state index in [0.717, 1.165) is 0 Å². The molecule has 5 nitrogen and oxygen atoms in total. The van der Waals surface area contributed by atoms with Crippen molar-refractivity contribution in [3.8, 4) is 0 Å². The first-order chi connectivity index (χ1) is 8.10. The molecule has 0 radical (unpaired) electrons. The topological polar surface area (TPSA) is 79.5 Å². The third-order valence-corrected chi connectivity index (χ3v) is 2.35. The van der Waals surface area contributed by atoms with Crippen LogP contribution in [-0.2, 0) is 0 Å². The van der Waals surface area contributed by atoms with Crippen molar-refractivity contribution in [3.63, 3.8) is 0 Å². The van der Waals surface area contributed by atoms with Crippen LogP contribution in [0.25, 0.3) is 0 Å². The van der Waals surface area contributed by atoms with Gasteiger partial charge in [0.1, 0.15) is 0 Å². The molecule has 0 saturated carbocycles. The summed E-state index contributed by atoms with van der Waals surface area (Å²) in [5.74, 6) is -0.198. The predicted octanol–water partition coefficient (Wildman–Crippen LogP) is 0.593. The smallest absolute Gasteiger partial charge is 0.256 e. The minimum absolute atomic E-state index is 0.0889. The van der Waals surface area contributed by atoms with Crippen LogP contribution in [0.4, 0.5) is 5.69 Å². The number of aromatic nitrogens is 1. The van der Waals surface area contributed by atoms with Gasteiger partial charge in [0.15, 0.2) is 0 Å². The number of anilines is 1. The Bertz CT molecular complexity index is 418. The van der Waals surface area contributed by atoms with E-state index in [1.54, 1.807) is 19.1 Å². The highest BCUT2D eigenvalue weighted by Gasteiger charge is 2.17. The van der Waals surface area contributed by atoms with E-state index in [9.17, 15) is 4.79 Å². The van der Waals surface area contributed by atoms with Gasteiger partial charge >= 0.3 is 0 Å². The Labute approximate surface area is 101 Å². The number of aliphatic hydroxyl groups excluding tert-OH is 1. The number of carbonyl (C=O) groups excluding carboxylic acids is 1. The average Bonchev–Trinajstić information content (AvgIpc) is 2.31. The quantitative estimate of drug-likeness (QED) is 0.732. The van der Waals surface area contributed by atoms with Gasteiger partial charge in [-0.1, -0.05) is 6.08 Å². The van der Waals surface area contributed by atoms with Crippen molar-refractivity contribution in [2.45, 2.75) is 6.92 Å². The molecule has 3 N–H and O–H groups in total. The van der Waals surface area contributed by atoms with E-state index in [2.05, 4.69) is 11.6 Å². The summed E-state index contributed by atoms with van der Waals surface area (Å²) in [6.07, 6.45) is 3.12. The number of nitrogens with two attached hydrogens (primary N) is 1. The van der Waals surface area contributed by atoms with Crippen molar-refractivity contribution in [2.24, 2.45) is 0 Å². The summed E-state index contributed by atoms with van der Waals surface area (Å²) < 4.78 is 0. The van der Waals surface area contributed by atoms with Crippen LogP contribution in [0.5, 0.6) is 0 Å². The Balaban J connectivity index is 2.99. The molecule has 5 heteroatoms. The summed E-state index contributed by atoms with van der Waals surface area (Å²) in [6, 6.07) is 1.60. The zero-order valence-corrected chi connectivity index (χ0v) is 9.89. The van der Waals surface area contributed by atoms with Gasteiger partial charge in [-0.15, -0.1) is 6.58 Å². The van der Waals surface area contributed by atoms with E-state index in [1.165, 1.54) is 11.1 Å². The molecule has 0 bridgehead atoms. The fraction of sp³-hybridized carbons (Fsp3) is 0.333. The predicted molar refractivity (Wildman–Crippen MR) is 66.6 cm³/mol. The molecule has 0 unspecified atom stereocenters. The SMILES string of the molecule is C=CCN(CCO)C(=O)c1cc(N)cnc1C. The van der Waals surface area contributed by atoms with Crippen molar-refractivity contribution in [2.75, 3.05) is 25.4 Å². The van der Waals surface area contributed by atoms with Gasteiger partial charge in [-0.05, 0) is 13.0 Å². The Morgan fingerprint density at radius 1 is 1.71 bits per heavy atom. The zero-order chi connectivity index (χ0) is 12.8. The number of amides is 1. The van der Waals surface area contributed by atoms with Gasteiger partial charge in [0.25, 0.3) is 5.91 Å². The number of rotatable bonds is 5. The molecule has 1 rings (SSSR count). The second-order valence-corrected chi connectivity index (χ2v) is 3.67. The number of hydrogen-bond acceptors (Lipinski definition) is 4. The van der Waals surface area contributed by atoms with E-state index < -0.39 is 0 Å². The van der Waals surface area contributed by atoms with Gasteiger partial charge in [-0.2, -0.15) is 0 Å². The molecule has 0 fully saturated rings. The fourth-order valence-corrected chi connectivity index (χ4v) is 1.49. The summed E-state index contributed by atoms with van der Waals surface area (Å²) in [5, 5.41) is 8.91. The molecule has 17 heavy (non-hydrogen) atoms. The number of pyridine rings is 1. The maximum atomic E-state index is 12.2. The van der Waals surface area contributed by atoms with E-state index in [4.69, 9.17) is 10.8 Å². The molecule has 1 heterocycles. The van der Waals surface area contributed by atoms with Crippen LogP contribution < -0.4 is 5.73 Å². The van der Waals surface area contributed by atoms with Crippen LogP contribution in [-0.4, -0.2) is 40.6 Å². The Morgan fingerprint density at radius 2 is 2.41 bits per heavy atom. The lowest BCUT2D eigenvalue weighted by molar-refractivity contribution is 0.0741. The van der Waals surface area contributed by atoms with Crippen LogP contribution in [0.3, 0.4) is 0 Å². The van der Waals surface area contributed by atoms with Crippen LogP contribution in [0.2, 0.25) is 0 Å². The van der Waals surface area contributed by atoms with Gasteiger partial charge in [0.2, 0.25) is 0 Å². The maximum absolute atomic E-state index is 12.2. The third-order valence-electron chi connectivity index (χ3n) is 2.35. The summed E-state index contributed by atoms with van der Waals surface area (Å²) in [6.45, 7) is 5.89. The molecular formula is C12H17N3O2. The molecule has 1 aromatic heterocycles. The number of carbonyl (C=O) groups is 1. The monoisotopic (exact) mass is 235 g/mol. The highest BCUT2D eigenvalue weighted by atomic mass is 16.3. The minimum atomic E-state index is -0.198. The molecule has 0 spiro atoms. The van der Waals surface area contributed by atoms with Crippen molar-refractivity contribution in [1.29, 1.82) is 0 Å². The van der Waals surface area contributed by atoms with Crippen molar-refractivity contribution < 1.29 is 9.90 Å². The van der Waals surface area contributed by atoms with Gasteiger partial charge in [-0.3, -0.25) is 9.78 Å². The first kappa shape index (κ1) is 13.2. The minimum Gasteiger partial charge on any atom is -0.397 e. The van der Waals surface area contributed by atoms with Gasteiger partial charge in [0.05, 0.1) is 29.7 Å². The number of hydrogen-bond donors (Lipinski definition) is 2. The first-order valence-corrected chi connectivity index (χ1v) is 5.33. The number of aliphatic hydroxyl groups is 1. The molecule has 0 aliphatic carbocycles. The summed E-state index contributed by atoms with van der Waals surface area (Å²) in [7, 11) is 0. The van der Waals surface area contributed by atoms with Crippen LogP contribution in [0.15, 0.2) is 24.9 Å². The van der Waals surface area contributed by atoms with Crippen molar-refractivity contribution in [1.82, 2.24) is 9.88 Å². The lowest BCUT2D eigenvalue weighted by Gasteiger charge is -2.20. The number of nitrogens with zero attached hydrogens (tertiary/aromatic N) is 2. The van der Waals surface area contributed by atoms with Crippen molar-refractivity contribution >= 4 is 11.6 Å². The Hall–Kier alpha value is -1.88. The highest BCUT2D eigenvalue weighted by molar-refractivity contribution is 5.96. The summed E-state index contributed by atoms with van der Waals surface area (Å²) >= 11 is 0. The molecule has 0 saturated heterocycles. The highest BCUT2D eigenvalue weighted by Crippen LogP contribution is 2.12. The molecule has 0 aromatic carbocycles. The normalized spacial score (nSPS) is 10.0. The van der Waals surface area contributed by atoms with Gasteiger partial charge in [0, 0.05) is 13.1 Å². The van der Waals surface area contributed by atoms with E-state index in [0.29, 0.717) is 23.5 Å². The molecule has 1 aromatic rings. The maximum Gasteiger partial charge on any atom is 0.256 e. The Morgan fingerprint density at radius 3 is 3.00 bits per heavy atom. The molecule has 1 amide bonds. The zero-order valence-electron chi connectivity index (χ0n) is 9.89. The fourth-order valence-electron chi connectivity index (χ4n) is 1.49.